The Hall–Kier alpha value is -3.38. The smallest absolute Gasteiger partial charge is 0.253 e. The molecule has 4 aromatic rings. The zero-order chi connectivity index (χ0) is 20.5. The average molecular weight is 412 g/mol. The fraction of sp³-hybridized carbons (Fsp3) is 0.0909. The highest BCUT2D eigenvalue weighted by Gasteiger charge is 2.16. The zero-order valence-electron chi connectivity index (χ0n) is 15.5. The van der Waals surface area contributed by atoms with E-state index in [1.165, 1.54) is 20.3 Å². The molecule has 0 aliphatic heterocycles. The van der Waals surface area contributed by atoms with Gasteiger partial charge in [0.15, 0.2) is 23.1 Å². The minimum Gasteiger partial charge on any atom is -0.493 e. The minimum absolute atomic E-state index is 0.0129. The van der Waals surface area contributed by atoms with E-state index in [4.69, 9.17) is 25.8 Å². The number of benzene rings is 3. The van der Waals surface area contributed by atoms with E-state index in [0.29, 0.717) is 33.5 Å². The van der Waals surface area contributed by atoms with Gasteiger partial charge in [-0.2, -0.15) is 0 Å². The number of pyridine rings is 1. The maximum Gasteiger partial charge on any atom is 0.253 e. The Morgan fingerprint density at radius 3 is 2.38 bits per heavy atom. The molecule has 3 aromatic carbocycles. The van der Waals surface area contributed by atoms with Crippen molar-refractivity contribution in [3.63, 3.8) is 0 Å². The van der Waals surface area contributed by atoms with E-state index in [2.05, 4.69) is 4.98 Å². The SMILES string of the molecule is COc1cc2nccc(Oc3ccc4c(C(=O)Cl)cccc4c3F)c2cc1OC. The maximum absolute atomic E-state index is 15.1. The number of rotatable bonds is 5. The van der Waals surface area contributed by atoms with Crippen molar-refractivity contribution in [1.29, 1.82) is 0 Å². The van der Waals surface area contributed by atoms with Crippen molar-refractivity contribution in [1.82, 2.24) is 4.98 Å². The molecule has 0 bridgehead atoms. The lowest BCUT2D eigenvalue weighted by molar-refractivity contribution is 0.108. The monoisotopic (exact) mass is 411 g/mol. The van der Waals surface area contributed by atoms with Crippen molar-refractivity contribution in [2.24, 2.45) is 0 Å². The van der Waals surface area contributed by atoms with E-state index in [1.54, 1.807) is 48.7 Å². The van der Waals surface area contributed by atoms with Gasteiger partial charge in [-0.3, -0.25) is 9.78 Å². The number of aromatic nitrogens is 1. The summed E-state index contributed by atoms with van der Waals surface area (Å²) in [5.74, 6) is 0.854. The molecule has 0 unspecified atom stereocenters. The van der Waals surface area contributed by atoms with Crippen molar-refractivity contribution in [3.05, 3.63) is 66.1 Å². The van der Waals surface area contributed by atoms with Crippen LogP contribution >= 0.6 is 11.6 Å². The number of carbonyl (C=O) groups is 1. The van der Waals surface area contributed by atoms with E-state index in [0.717, 1.165) is 0 Å². The van der Waals surface area contributed by atoms with Crippen LogP contribution in [-0.2, 0) is 0 Å². The number of fused-ring (bicyclic) bond motifs is 2. The van der Waals surface area contributed by atoms with E-state index < -0.39 is 11.1 Å². The summed E-state index contributed by atoms with van der Waals surface area (Å²) in [7, 11) is 3.06. The average Bonchev–Trinajstić information content (AvgIpc) is 2.74. The molecule has 0 amide bonds. The largest absolute Gasteiger partial charge is 0.493 e. The second-order valence-electron chi connectivity index (χ2n) is 6.19. The molecule has 0 fully saturated rings. The summed E-state index contributed by atoms with van der Waals surface area (Å²) in [5, 5.41) is 0.647. The van der Waals surface area contributed by atoms with E-state index in [-0.39, 0.29) is 16.7 Å². The summed E-state index contributed by atoms with van der Waals surface area (Å²) in [6.07, 6.45) is 1.56. The Morgan fingerprint density at radius 2 is 1.66 bits per heavy atom. The van der Waals surface area contributed by atoms with Crippen LogP contribution in [0.2, 0.25) is 0 Å². The van der Waals surface area contributed by atoms with Crippen LogP contribution in [0.5, 0.6) is 23.0 Å². The molecule has 0 aliphatic rings. The Morgan fingerprint density at radius 1 is 0.897 bits per heavy atom. The van der Waals surface area contributed by atoms with Gasteiger partial charge >= 0.3 is 0 Å². The minimum atomic E-state index is -0.648. The van der Waals surface area contributed by atoms with Crippen LogP contribution in [0.1, 0.15) is 10.4 Å². The number of ether oxygens (including phenoxy) is 3. The second-order valence-corrected chi connectivity index (χ2v) is 6.53. The maximum atomic E-state index is 15.1. The molecule has 29 heavy (non-hydrogen) atoms. The van der Waals surface area contributed by atoms with Gasteiger partial charge in [-0.05, 0) is 47.3 Å². The van der Waals surface area contributed by atoms with Crippen LogP contribution in [0, 0.1) is 5.82 Å². The molecule has 7 heteroatoms. The highest BCUT2D eigenvalue weighted by molar-refractivity contribution is 6.68. The molecule has 5 nitrogen and oxygen atoms in total. The lowest BCUT2D eigenvalue weighted by Crippen LogP contribution is -1.96. The third-order valence-electron chi connectivity index (χ3n) is 4.60. The predicted molar refractivity (Wildman–Crippen MR) is 109 cm³/mol. The third-order valence-corrected chi connectivity index (χ3v) is 4.80. The van der Waals surface area contributed by atoms with Crippen LogP contribution in [0.4, 0.5) is 4.39 Å². The highest BCUT2D eigenvalue weighted by atomic mass is 35.5. The molecule has 4 rings (SSSR count). The molecule has 1 heterocycles. The number of hydrogen-bond donors (Lipinski definition) is 0. The molecule has 0 radical (unpaired) electrons. The van der Waals surface area contributed by atoms with E-state index >= 15 is 4.39 Å². The van der Waals surface area contributed by atoms with Crippen molar-refractivity contribution in [2.45, 2.75) is 0 Å². The molecular weight excluding hydrogens is 397 g/mol. The van der Waals surface area contributed by atoms with Crippen molar-refractivity contribution in [3.8, 4) is 23.0 Å². The first kappa shape index (κ1) is 19.0. The summed E-state index contributed by atoms with van der Waals surface area (Å²) in [6, 6.07) is 12.8. The molecule has 0 spiro atoms. The zero-order valence-corrected chi connectivity index (χ0v) is 16.3. The lowest BCUT2D eigenvalue weighted by Gasteiger charge is -2.13. The van der Waals surface area contributed by atoms with E-state index in [9.17, 15) is 4.79 Å². The Kier molecular flexibility index (Phi) is 4.94. The Bertz CT molecular complexity index is 1260. The lowest BCUT2D eigenvalue weighted by atomic mass is 10.0. The van der Waals surface area contributed by atoms with Crippen LogP contribution in [0.25, 0.3) is 21.7 Å². The van der Waals surface area contributed by atoms with Crippen molar-refractivity contribution < 1.29 is 23.4 Å². The molecule has 0 aliphatic carbocycles. The number of carbonyl (C=O) groups excluding carboxylic acids is 1. The van der Waals surface area contributed by atoms with Gasteiger partial charge in [-0.25, -0.2) is 4.39 Å². The summed E-state index contributed by atoms with van der Waals surface area (Å²) < 4.78 is 31.6. The number of halogens is 2. The van der Waals surface area contributed by atoms with Gasteiger partial charge < -0.3 is 14.2 Å². The fourth-order valence-corrected chi connectivity index (χ4v) is 3.37. The molecular formula is C22H15ClFNO4. The molecule has 146 valence electrons. The first-order chi connectivity index (χ1) is 14.0. The highest BCUT2D eigenvalue weighted by Crippen LogP contribution is 2.38. The molecule has 0 saturated heterocycles. The number of methoxy groups -OCH3 is 2. The van der Waals surface area contributed by atoms with Crippen LogP contribution in [-0.4, -0.2) is 24.4 Å². The third kappa shape index (κ3) is 3.32. The van der Waals surface area contributed by atoms with Gasteiger partial charge in [0.05, 0.1) is 19.7 Å². The van der Waals surface area contributed by atoms with Crippen LogP contribution < -0.4 is 14.2 Å². The summed E-state index contributed by atoms with van der Waals surface area (Å²) in [5.41, 5.74) is 0.845. The topological polar surface area (TPSA) is 57.7 Å². The van der Waals surface area contributed by atoms with Gasteiger partial charge in [0.1, 0.15) is 5.75 Å². The first-order valence-corrected chi connectivity index (χ1v) is 9.01. The number of nitrogens with zero attached hydrogens (tertiary/aromatic N) is 1. The molecule has 1 aromatic heterocycles. The predicted octanol–water partition coefficient (Wildman–Crippen LogP) is 5.72. The first-order valence-electron chi connectivity index (χ1n) is 8.63. The summed E-state index contributed by atoms with van der Waals surface area (Å²) in [4.78, 5) is 15.9. The van der Waals surface area contributed by atoms with Crippen molar-refractivity contribution in [2.75, 3.05) is 14.2 Å². The van der Waals surface area contributed by atoms with E-state index in [1.807, 2.05) is 0 Å². The Balaban J connectivity index is 1.84. The van der Waals surface area contributed by atoms with Gasteiger partial charge in [0, 0.05) is 28.6 Å². The fourth-order valence-electron chi connectivity index (χ4n) is 3.21. The molecule has 0 saturated carbocycles. The standard InChI is InChI=1S/C22H15ClFNO4/c1-27-19-10-15-16(11-20(19)28-2)25-9-8-17(15)29-18-7-6-12-13(21(18)24)4-3-5-14(12)22(23)26/h3-11H,1-2H3. The second kappa shape index (κ2) is 7.56. The van der Waals surface area contributed by atoms with Crippen LogP contribution in [0.15, 0.2) is 54.7 Å². The molecule has 0 N–H and O–H groups in total. The quantitative estimate of drug-likeness (QED) is 0.393. The van der Waals surface area contributed by atoms with Gasteiger partial charge in [-0.1, -0.05) is 12.1 Å². The normalized spacial score (nSPS) is 10.9. The summed E-state index contributed by atoms with van der Waals surface area (Å²) >= 11 is 5.60. The Labute approximate surface area is 170 Å². The van der Waals surface area contributed by atoms with Crippen molar-refractivity contribution >= 4 is 38.5 Å². The van der Waals surface area contributed by atoms with Crippen LogP contribution in [0.3, 0.4) is 0 Å². The van der Waals surface area contributed by atoms with Gasteiger partial charge in [0.2, 0.25) is 0 Å². The molecule has 0 atom stereocenters. The van der Waals surface area contributed by atoms with Gasteiger partial charge in [0.25, 0.3) is 5.24 Å². The van der Waals surface area contributed by atoms with Gasteiger partial charge in [-0.15, -0.1) is 0 Å². The number of hydrogen-bond acceptors (Lipinski definition) is 5. The summed E-state index contributed by atoms with van der Waals surface area (Å²) in [6.45, 7) is 0.